The van der Waals surface area contributed by atoms with E-state index in [1.165, 1.54) is 12.8 Å². The van der Waals surface area contributed by atoms with E-state index in [1.807, 2.05) is 0 Å². The molecule has 1 aliphatic carbocycles. The molecule has 1 unspecified atom stereocenters. The summed E-state index contributed by atoms with van der Waals surface area (Å²) in [6.45, 7) is 10.6. The molecule has 0 spiro atoms. The fraction of sp³-hybridized carbons (Fsp3) is 1.00. The minimum Gasteiger partial charge on any atom is -0.377 e. The highest BCUT2D eigenvalue weighted by Crippen LogP contribution is 2.35. The Morgan fingerprint density at radius 3 is 2.29 bits per heavy atom. The van der Waals surface area contributed by atoms with Crippen LogP contribution in [0.4, 0.5) is 0 Å². The van der Waals surface area contributed by atoms with Gasteiger partial charge in [0.25, 0.3) is 0 Å². The van der Waals surface area contributed by atoms with Gasteiger partial charge >= 0.3 is 0 Å². The predicted molar refractivity (Wildman–Crippen MR) is 60.4 cm³/mol. The van der Waals surface area contributed by atoms with Crippen molar-refractivity contribution in [3.05, 3.63) is 0 Å². The van der Waals surface area contributed by atoms with Gasteiger partial charge in [0.05, 0.1) is 12.7 Å². The molecule has 0 aromatic carbocycles. The summed E-state index contributed by atoms with van der Waals surface area (Å²) in [5, 5.41) is 3.61. The number of hydrogen-bond donors (Lipinski definition) is 1. The summed E-state index contributed by atoms with van der Waals surface area (Å²) < 4.78 is 5.51. The first-order valence-electron chi connectivity index (χ1n) is 5.96. The highest BCUT2D eigenvalue weighted by Gasteiger charge is 2.32. The zero-order valence-electron chi connectivity index (χ0n) is 10.0. The van der Waals surface area contributed by atoms with Crippen molar-refractivity contribution < 1.29 is 4.74 Å². The minimum absolute atomic E-state index is 0.357. The Kier molecular flexibility index (Phi) is 4.90. The lowest BCUT2D eigenvalue weighted by Crippen LogP contribution is -2.38. The number of hydrogen-bond acceptors (Lipinski definition) is 2. The van der Waals surface area contributed by atoms with E-state index < -0.39 is 0 Å². The minimum atomic E-state index is 0.357. The molecule has 0 heterocycles. The zero-order valence-corrected chi connectivity index (χ0v) is 10.0. The molecule has 0 saturated heterocycles. The number of rotatable bonds is 7. The summed E-state index contributed by atoms with van der Waals surface area (Å²) in [5.74, 6) is 1.69. The Balaban J connectivity index is 2.08. The molecule has 84 valence electrons. The molecule has 14 heavy (non-hydrogen) atoms. The molecule has 0 radical (unpaired) electrons. The summed E-state index contributed by atoms with van der Waals surface area (Å²) >= 11 is 0. The van der Waals surface area contributed by atoms with E-state index in [0.717, 1.165) is 25.0 Å². The molecule has 1 aliphatic rings. The number of ether oxygens (including phenoxy) is 1. The summed E-state index contributed by atoms with van der Waals surface area (Å²) in [4.78, 5) is 0. The maximum absolute atomic E-state index is 5.51. The van der Waals surface area contributed by atoms with Crippen molar-refractivity contribution in [1.29, 1.82) is 0 Å². The predicted octanol–water partition coefficient (Wildman–Crippen LogP) is 2.44. The van der Waals surface area contributed by atoms with Crippen molar-refractivity contribution in [1.82, 2.24) is 5.32 Å². The zero-order chi connectivity index (χ0) is 10.6. The van der Waals surface area contributed by atoms with Gasteiger partial charge in [-0.25, -0.2) is 0 Å². The van der Waals surface area contributed by atoms with Gasteiger partial charge in [-0.3, -0.25) is 0 Å². The van der Waals surface area contributed by atoms with Gasteiger partial charge in [-0.05, 0) is 38.5 Å². The summed E-state index contributed by atoms with van der Waals surface area (Å²) in [6.07, 6.45) is 3.19. The largest absolute Gasteiger partial charge is 0.377 e. The van der Waals surface area contributed by atoms with E-state index in [1.54, 1.807) is 0 Å². The molecule has 0 aromatic heterocycles. The van der Waals surface area contributed by atoms with E-state index in [0.29, 0.717) is 12.1 Å². The first-order valence-corrected chi connectivity index (χ1v) is 5.96. The van der Waals surface area contributed by atoms with Crippen LogP contribution in [0.5, 0.6) is 0 Å². The fourth-order valence-corrected chi connectivity index (χ4v) is 1.92. The second kappa shape index (κ2) is 5.72. The topological polar surface area (TPSA) is 21.3 Å². The van der Waals surface area contributed by atoms with E-state index in [9.17, 15) is 0 Å². The van der Waals surface area contributed by atoms with Gasteiger partial charge in [0.1, 0.15) is 0 Å². The Morgan fingerprint density at radius 1 is 1.21 bits per heavy atom. The molecular formula is C12H25NO. The van der Waals surface area contributed by atoms with Crippen LogP contribution in [0.1, 0.15) is 40.5 Å². The SMILES string of the molecule is CC(C)OCCNC(C(C)C)C1CC1. The van der Waals surface area contributed by atoms with Crippen LogP contribution in [0.3, 0.4) is 0 Å². The third-order valence-corrected chi connectivity index (χ3v) is 2.78. The van der Waals surface area contributed by atoms with E-state index in [2.05, 4.69) is 33.0 Å². The summed E-state index contributed by atoms with van der Waals surface area (Å²) in [7, 11) is 0. The van der Waals surface area contributed by atoms with Crippen LogP contribution in [0, 0.1) is 11.8 Å². The van der Waals surface area contributed by atoms with Crippen LogP contribution in [-0.2, 0) is 4.74 Å². The van der Waals surface area contributed by atoms with Crippen molar-refractivity contribution in [3.8, 4) is 0 Å². The van der Waals surface area contributed by atoms with Crippen LogP contribution in [0.2, 0.25) is 0 Å². The van der Waals surface area contributed by atoms with Gasteiger partial charge < -0.3 is 10.1 Å². The molecular weight excluding hydrogens is 174 g/mol. The maximum atomic E-state index is 5.51. The number of nitrogens with one attached hydrogen (secondary N) is 1. The van der Waals surface area contributed by atoms with Crippen LogP contribution >= 0.6 is 0 Å². The Bertz CT molecular complexity index is 150. The third-order valence-electron chi connectivity index (χ3n) is 2.78. The lowest BCUT2D eigenvalue weighted by Gasteiger charge is -2.22. The normalized spacial score (nSPS) is 19.3. The molecule has 2 nitrogen and oxygen atoms in total. The lowest BCUT2D eigenvalue weighted by atomic mass is 10.00. The second-order valence-electron chi connectivity index (χ2n) is 4.98. The molecule has 0 amide bonds. The van der Waals surface area contributed by atoms with Gasteiger partial charge in [-0.1, -0.05) is 13.8 Å². The highest BCUT2D eigenvalue weighted by atomic mass is 16.5. The molecule has 0 bridgehead atoms. The standard InChI is InChI=1S/C12H25NO/c1-9(2)12(11-5-6-11)13-7-8-14-10(3)4/h9-13H,5-8H2,1-4H3. The first kappa shape index (κ1) is 12.0. The average molecular weight is 199 g/mol. The van der Waals surface area contributed by atoms with Crippen LogP contribution in [-0.4, -0.2) is 25.3 Å². The Morgan fingerprint density at radius 2 is 1.86 bits per heavy atom. The molecule has 0 aromatic rings. The first-order chi connectivity index (χ1) is 6.61. The quantitative estimate of drug-likeness (QED) is 0.636. The summed E-state index contributed by atoms with van der Waals surface area (Å²) in [5.41, 5.74) is 0. The van der Waals surface area contributed by atoms with Gasteiger partial charge in [0.15, 0.2) is 0 Å². The average Bonchev–Trinajstić information content (AvgIpc) is 2.86. The van der Waals surface area contributed by atoms with Gasteiger partial charge in [-0.15, -0.1) is 0 Å². The smallest absolute Gasteiger partial charge is 0.0594 e. The Labute approximate surface area is 88.4 Å². The van der Waals surface area contributed by atoms with Crippen molar-refractivity contribution >= 4 is 0 Å². The fourth-order valence-electron chi connectivity index (χ4n) is 1.92. The molecule has 1 fully saturated rings. The van der Waals surface area contributed by atoms with Gasteiger partial charge in [0.2, 0.25) is 0 Å². The summed E-state index contributed by atoms with van der Waals surface area (Å²) in [6, 6.07) is 0.714. The van der Waals surface area contributed by atoms with Crippen LogP contribution < -0.4 is 5.32 Å². The third kappa shape index (κ3) is 4.43. The molecule has 1 N–H and O–H groups in total. The monoisotopic (exact) mass is 199 g/mol. The van der Waals surface area contributed by atoms with E-state index >= 15 is 0 Å². The molecule has 0 aliphatic heterocycles. The molecule has 1 atom stereocenters. The molecule has 2 heteroatoms. The van der Waals surface area contributed by atoms with Gasteiger partial charge in [0, 0.05) is 12.6 Å². The highest BCUT2D eigenvalue weighted by molar-refractivity contribution is 4.88. The second-order valence-corrected chi connectivity index (χ2v) is 4.98. The van der Waals surface area contributed by atoms with Crippen LogP contribution in [0.15, 0.2) is 0 Å². The van der Waals surface area contributed by atoms with Crippen molar-refractivity contribution in [3.63, 3.8) is 0 Å². The van der Waals surface area contributed by atoms with Crippen molar-refractivity contribution in [2.45, 2.75) is 52.7 Å². The Hall–Kier alpha value is -0.0800. The maximum Gasteiger partial charge on any atom is 0.0594 e. The molecule has 1 saturated carbocycles. The van der Waals surface area contributed by atoms with Crippen LogP contribution in [0.25, 0.3) is 0 Å². The van der Waals surface area contributed by atoms with E-state index in [4.69, 9.17) is 4.74 Å². The van der Waals surface area contributed by atoms with E-state index in [-0.39, 0.29) is 0 Å². The van der Waals surface area contributed by atoms with Crippen molar-refractivity contribution in [2.24, 2.45) is 11.8 Å². The van der Waals surface area contributed by atoms with Gasteiger partial charge in [-0.2, -0.15) is 0 Å². The molecule has 1 rings (SSSR count). The lowest BCUT2D eigenvalue weighted by molar-refractivity contribution is 0.0778. The van der Waals surface area contributed by atoms with Crippen molar-refractivity contribution in [2.75, 3.05) is 13.2 Å².